The number of amidine groups is 1. The van der Waals surface area contributed by atoms with Gasteiger partial charge in [-0.05, 0) is 17.7 Å². The molecule has 1 aliphatic rings. The van der Waals surface area contributed by atoms with Gasteiger partial charge in [0, 0.05) is 5.56 Å². The molecule has 98 valence electrons. The van der Waals surface area contributed by atoms with Gasteiger partial charge in [0.05, 0.1) is 29.0 Å². The first kappa shape index (κ1) is 11.8. The van der Waals surface area contributed by atoms with Gasteiger partial charge in [-0.2, -0.15) is 8.75 Å². The van der Waals surface area contributed by atoms with Crippen molar-refractivity contribution in [2.24, 2.45) is 0 Å². The molecule has 0 spiro atoms. The maximum atomic E-state index is 8.37. The third-order valence-electron chi connectivity index (χ3n) is 3.49. The number of nitrogens with zero attached hydrogens (tertiary/aromatic N) is 3. The molecule has 4 rings (SSSR count). The van der Waals surface area contributed by atoms with Crippen molar-refractivity contribution in [3.63, 3.8) is 0 Å². The predicted octanol–water partition coefficient (Wildman–Crippen LogP) is 3.69. The van der Waals surface area contributed by atoms with Gasteiger partial charge in [-0.25, -0.2) is 0 Å². The summed E-state index contributed by atoms with van der Waals surface area (Å²) in [4.78, 5) is 1.90. The highest BCUT2D eigenvalue weighted by atomic mass is 35.5. The highest BCUT2D eigenvalue weighted by Gasteiger charge is 2.28. The molecule has 6 heteroatoms. The number of benzene rings is 2. The third kappa shape index (κ3) is 1.57. The Morgan fingerprint density at radius 1 is 1.15 bits per heavy atom. The van der Waals surface area contributed by atoms with E-state index in [-0.39, 0.29) is 0 Å². The number of aromatic nitrogens is 2. The van der Waals surface area contributed by atoms with Crippen LogP contribution in [0.4, 0.5) is 5.69 Å². The van der Waals surface area contributed by atoms with Gasteiger partial charge < -0.3 is 4.90 Å². The van der Waals surface area contributed by atoms with E-state index < -0.39 is 0 Å². The molecular weight excluding hydrogens is 292 g/mol. The van der Waals surface area contributed by atoms with E-state index in [0.717, 1.165) is 39.6 Å². The molecule has 0 radical (unpaired) electrons. The van der Waals surface area contributed by atoms with E-state index in [2.05, 4.69) is 8.75 Å². The molecule has 4 nitrogen and oxygen atoms in total. The molecule has 0 fully saturated rings. The Balaban J connectivity index is 1.92. The smallest absolute Gasteiger partial charge is 0.133 e. The van der Waals surface area contributed by atoms with Gasteiger partial charge in [0.25, 0.3) is 0 Å². The second kappa shape index (κ2) is 4.26. The molecule has 0 bridgehead atoms. The van der Waals surface area contributed by atoms with Crippen LogP contribution in [0.1, 0.15) is 11.1 Å². The summed E-state index contributed by atoms with van der Waals surface area (Å²) in [5.74, 6) is 0.461. The topological polar surface area (TPSA) is 52.9 Å². The van der Waals surface area contributed by atoms with Crippen molar-refractivity contribution in [2.45, 2.75) is 6.54 Å². The second-order valence-electron chi connectivity index (χ2n) is 4.62. The van der Waals surface area contributed by atoms with Crippen LogP contribution in [0.25, 0.3) is 11.0 Å². The maximum Gasteiger partial charge on any atom is 0.133 e. The van der Waals surface area contributed by atoms with E-state index in [9.17, 15) is 0 Å². The monoisotopic (exact) mass is 300 g/mol. The summed E-state index contributed by atoms with van der Waals surface area (Å²) in [6, 6.07) is 11.6. The predicted molar refractivity (Wildman–Crippen MR) is 81.9 cm³/mol. The van der Waals surface area contributed by atoms with E-state index in [1.807, 2.05) is 41.3 Å². The number of halogens is 1. The normalized spacial score (nSPS) is 14.1. The zero-order chi connectivity index (χ0) is 13.7. The molecule has 0 saturated heterocycles. The van der Waals surface area contributed by atoms with Crippen molar-refractivity contribution in [1.29, 1.82) is 5.41 Å². The Hall–Kier alpha value is -1.98. The maximum absolute atomic E-state index is 8.37. The van der Waals surface area contributed by atoms with Gasteiger partial charge in [0.15, 0.2) is 0 Å². The van der Waals surface area contributed by atoms with Gasteiger partial charge >= 0.3 is 0 Å². The fourth-order valence-electron chi connectivity index (χ4n) is 2.54. The average Bonchev–Trinajstić information content (AvgIpc) is 3.05. The van der Waals surface area contributed by atoms with Gasteiger partial charge in [-0.15, -0.1) is 0 Å². The van der Waals surface area contributed by atoms with Crippen LogP contribution in [0.2, 0.25) is 5.02 Å². The van der Waals surface area contributed by atoms with Crippen LogP contribution in [-0.2, 0) is 6.54 Å². The van der Waals surface area contributed by atoms with Crippen molar-refractivity contribution in [2.75, 3.05) is 4.90 Å². The first-order chi connectivity index (χ1) is 9.75. The first-order valence-electron chi connectivity index (χ1n) is 6.11. The summed E-state index contributed by atoms with van der Waals surface area (Å²) < 4.78 is 8.57. The molecule has 0 saturated carbocycles. The highest BCUT2D eigenvalue weighted by Crippen LogP contribution is 2.37. The lowest BCUT2D eigenvalue weighted by atomic mass is 10.1. The van der Waals surface area contributed by atoms with Crippen molar-refractivity contribution in [1.82, 2.24) is 8.75 Å². The summed E-state index contributed by atoms with van der Waals surface area (Å²) in [5.41, 5.74) is 4.44. The van der Waals surface area contributed by atoms with Crippen LogP contribution in [0.15, 0.2) is 36.4 Å². The standard InChI is InChI=1S/C14H9ClN4S/c15-10-5-6-11-12(18-20-17-11)13(10)19-7-8-3-1-2-4-9(8)14(19)16/h1-6,16H,7H2. The number of rotatable bonds is 1. The molecule has 0 unspecified atom stereocenters. The Bertz CT molecular complexity index is 842. The zero-order valence-electron chi connectivity index (χ0n) is 10.3. The highest BCUT2D eigenvalue weighted by molar-refractivity contribution is 7.00. The number of hydrogen-bond acceptors (Lipinski definition) is 4. The van der Waals surface area contributed by atoms with Crippen molar-refractivity contribution >= 4 is 45.9 Å². The van der Waals surface area contributed by atoms with Crippen molar-refractivity contribution in [3.05, 3.63) is 52.5 Å². The fourth-order valence-corrected chi connectivity index (χ4v) is 3.34. The molecule has 0 atom stereocenters. The molecule has 1 aliphatic heterocycles. The third-order valence-corrected chi connectivity index (χ3v) is 4.34. The van der Waals surface area contributed by atoms with Gasteiger partial charge in [0.2, 0.25) is 0 Å². The SMILES string of the molecule is N=C1c2ccccc2CN1c1c(Cl)ccc2nsnc12. The Labute approximate surface area is 124 Å². The van der Waals surface area contributed by atoms with Crippen molar-refractivity contribution < 1.29 is 0 Å². The number of anilines is 1. The minimum Gasteiger partial charge on any atom is -0.319 e. The summed E-state index contributed by atoms with van der Waals surface area (Å²) in [5, 5.41) is 8.97. The first-order valence-corrected chi connectivity index (χ1v) is 7.21. The Kier molecular flexibility index (Phi) is 2.52. The summed E-state index contributed by atoms with van der Waals surface area (Å²) in [7, 11) is 0. The molecule has 0 aliphatic carbocycles. The summed E-state index contributed by atoms with van der Waals surface area (Å²) >= 11 is 7.51. The number of nitrogens with one attached hydrogen (secondary N) is 1. The van der Waals surface area contributed by atoms with E-state index in [4.69, 9.17) is 17.0 Å². The number of hydrogen-bond donors (Lipinski definition) is 1. The largest absolute Gasteiger partial charge is 0.319 e. The van der Waals surface area contributed by atoms with Gasteiger partial charge in [-0.3, -0.25) is 5.41 Å². The van der Waals surface area contributed by atoms with E-state index in [0.29, 0.717) is 17.4 Å². The van der Waals surface area contributed by atoms with E-state index >= 15 is 0 Å². The van der Waals surface area contributed by atoms with Gasteiger partial charge in [0.1, 0.15) is 16.9 Å². The lowest BCUT2D eigenvalue weighted by Gasteiger charge is -2.19. The van der Waals surface area contributed by atoms with Gasteiger partial charge in [-0.1, -0.05) is 35.9 Å². The molecule has 20 heavy (non-hydrogen) atoms. The zero-order valence-corrected chi connectivity index (χ0v) is 11.9. The van der Waals surface area contributed by atoms with E-state index in [1.165, 1.54) is 0 Å². The second-order valence-corrected chi connectivity index (χ2v) is 5.56. The van der Waals surface area contributed by atoms with Crippen LogP contribution in [0, 0.1) is 5.41 Å². The van der Waals surface area contributed by atoms with Crippen LogP contribution in [0.3, 0.4) is 0 Å². The minimum absolute atomic E-state index is 0.461. The summed E-state index contributed by atoms with van der Waals surface area (Å²) in [6.45, 7) is 0.644. The molecule has 2 heterocycles. The Morgan fingerprint density at radius 3 is 2.85 bits per heavy atom. The lowest BCUT2D eigenvalue weighted by Crippen LogP contribution is -2.23. The van der Waals surface area contributed by atoms with Crippen LogP contribution < -0.4 is 4.90 Å². The molecule has 0 amide bonds. The minimum atomic E-state index is 0.461. The number of fused-ring (bicyclic) bond motifs is 2. The molecular formula is C14H9ClN4S. The molecule has 3 aromatic rings. The average molecular weight is 301 g/mol. The molecule has 1 N–H and O–H groups in total. The van der Waals surface area contributed by atoms with E-state index in [1.54, 1.807) is 0 Å². The lowest BCUT2D eigenvalue weighted by molar-refractivity contribution is 1.05. The molecule has 1 aromatic heterocycles. The van der Waals surface area contributed by atoms with Crippen LogP contribution in [-0.4, -0.2) is 14.6 Å². The fraction of sp³-hybridized carbons (Fsp3) is 0.0714. The van der Waals surface area contributed by atoms with Crippen LogP contribution in [0.5, 0.6) is 0 Å². The Morgan fingerprint density at radius 2 is 2.00 bits per heavy atom. The van der Waals surface area contributed by atoms with Crippen molar-refractivity contribution in [3.8, 4) is 0 Å². The van der Waals surface area contributed by atoms with Crippen LogP contribution >= 0.6 is 23.3 Å². The summed E-state index contributed by atoms with van der Waals surface area (Å²) in [6.07, 6.45) is 0. The molecule has 2 aromatic carbocycles. The quantitative estimate of drug-likeness (QED) is 0.745.